The molecule has 0 fully saturated rings. The van der Waals surface area contributed by atoms with Gasteiger partial charge in [-0.1, -0.05) is 13.3 Å². The van der Waals surface area contributed by atoms with E-state index >= 15 is 0 Å². The van der Waals surface area contributed by atoms with Crippen molar-refractivity contribution in [3.8, 4) is 0 Å². The van der Waals surface area contributed by atoms with E-state index < -0.39 is 27.4 Å². The summed E-state index contributed by atoms with van der Waals surface area (Å²) in [5.41, 5.74) is -1.09. The molecule has 2 aliphatic rings. The zero-order valence-corrected chi connectivity index (χ0v) is 13.8. The average Bonchev–Trinajstić information content (AvgIpc) is 2.45. The van der Waals surface area contributed by atoms with Crippen molar-refractivity contribution >= 4 is 27.7 Å². The molecule has 0 aromatic heterocycles. The topological polar surface area (TPSA) is 116 Å². The van der Waals surface area contributed by atoms with Crippen molar-refractivity contribution in [2.24, 2.45) is 4.40 Å². The Kier molecular flexibility index (Phi) is 4.60. The van der Waals surface area contributed by atoms with Crippen LogP contribution in [-0.2, 0) is 19.6 Å². The van der Waals surface area contributed by atoms with Gasteiger partial charge in [-0.3, -0.25) is 4.79 Å². The summed E-state index contributed by atoms with van der Waals surface area (Å²) in [6.07, 6.45) is 5.26. The molecular weight excluding hydrogens is 322 g/mol. The van der Waals surface area contributed by atoms with Gasteiger partial charge in [-0.25, -0.2) is 13.2 Å². The first-order valence-electron chi connectivity index (χ1n) is 7.22. The third-order valence-corrected chi connectivity index (χ3v) is 4.86. The molecule has 0 saturated carbocycles. The lowest BCUT2D eigenvalue weighted by atomic mass is 9.95. The van der Waals surface area contributed by atoms with Gasteiger partial charge in [-0.2, -0.15) is 0 Å². The molecule has 126 valence electrons. The summed E-state index contributed by atoms with van der Waals surface area (Å²) in [5, 5.41) is 11.8. The van der Waals surface area contributed by atoms with Crippen LogP contribution in [0.4, 0.5) is 0 Å². The highest BCUT2D eigenvalue weighted by molar-refractivity contribution is 7.90. The van der Waals surface area contributed by atoms with E-state index in [1.165, 1.54) is 25.3 Å². The Labute approximate surface area is 134 Å². The Hall–Kier alpha value is -2.16. The van der Waals surface area contributed by atoms with E-state index in [1.807, 2.05) is 6.92 Å². The molecule has 9 heteroatoms. The van der Waals surface area contributed by atoms with Crippen LogP contribution in [0.1, 0.15) is 26.7 Å². The van der Waals surface area contributed by atoms with Crippen LogP contribution in [0.15, 0.2) is 28.3 Å². The second-order valence-electron chi connectivity index (χ2n) is 5.69. The number of fused-ring (bicyclic) bond motifs is 1. The normalized spacial score (nSPS) is 21.6. The van der Waals surface area contributed by atoms with E-state index in [-0.39, 0.29) is 23.7 Å². The highest BCUT2D eigenvalue weighted by atomic mass is 32.2. The minimum absolute atomic E-state index is 0.127. The molecule has 0 saturated heterocycles. The molecule has 2 heterocycles. The number of nitrogens with one attached hydrogen (secondary N) is 1. The SMILES string of the molecule is CCCC(C)(NC(=O)C1=CN2CCS(=O)(=O)N=C2C=C1)C(=O)O. The fourth-order valence-electron chi connectivity index (χ4n) is 2.38. The number of nitrogens with zero attached hydrogens (tertiary/aromatic N) is 2. The van der Waals surface area contributed by atoms with Gasteiger partial charge in [0, 0.05) is 12.7 Å². The van der Waals surface area contributed by atoms with E-state index in [4.69, 9.17) is 0 Å². The number of carboxylic acid groups (broad SMARTS) is 1. The number of rotatable bonds is 5. The van der Waals surface area contributed by atoms with Crippen molar-refractivity contribution in [1.29, 1.82) is 0 Å². The highest BCUT2D eigenvalue weighted by Crippen LogP contribution is 2.18. The molecule has 0 aromatic rings. The molecule has 2 rings (SSSR count). The van der Waals surface area contributed by atoms with Crippen LogP contribution in [0.3, 0.4) is 0 Å². The van der Waals surface area contributed by atoms with Gasteiger partial charge in [0.05, 0.1) is 11.3 Å². The number of carbonyl (C=O) groups is 2. The van der Waals surface area contributed by atoms with Crippen molar-refractivity contribution in [2.75, 3.05) is 12.3 Å². The van der Waals surface area contributed by atoms with E-state index in [2.05, 4.69) is 9.71 Å². The fourth-order valence-corrected chi connectivity index (χ4v) is 3.35. The molecule has 0 aromatic carbocycles. The summed E-state index contributed by atoms with van der Waals surface area (Å²) in [5.74, 6) is -1.49. The minimum atomic E-state index is -3.45. The smallest absolute Gasteiger partial charge is 0.329 e. The average molecular weight is 341 g/mol. The fraction of sp³-hybridized carbons (Fsp3) is 0.500. The van der Waals surface area contributed by atoms with Crippen molar-refractivity contribution in [1.82, 2.24) is 10.2 Å². The van der Waals surface area contributed by atoms with Crippen LogP contribution in [-0.4, -0.2) is 54.0 Å². The van der Waals surface area contributed by atoms with Crippen LogP contribution >= 0.6 is 0 Å². The molecule has 0 radical (unpaired) electrons. The van der Waals surface area contributed by atoms with Gasteiger partial charge in [0.15, 0.2) is 0 Å². The van der Waals surface area contributed by atoms with E-state index in [1.54, 1.807) is 4.90 Å². The maximum Gasteiger partial charge on any atom is 0.329 e. The molecule has 1 amide bonds. The molecular formula is C14H19N3O5S. The summed E-state index contributed by atoms with van der Waals surface area (Å²) in [6, 6.07) is 0. The largest absolute Gasteiger partial charge is 0.480 e. The molecule has 23 heavy (non-hydrogen) atoms. The minimum Gasteiger partial charge on any atom is -0.480 e. The molecule has 8 nitrogen and oxygen atoms in total. The van der Waals surface area contributed by atoms with E-state index in [0.717, 1.165) is 0 Å². The van der Waals surface area contributed by atoms with Crippen LogP contribution in [0.2, 0.25) is 0 Å². The molecule has 2 aliphatic heterocycles. The molecule has 0 bridgehead atoms. The number of hydrogen-bond donors (Lipinski definition) is 2. The zero-order chi connectivity index (χ0) is 17.3. The zero-order valence-electron chi connectivity index (χ0n) is 12.9. The molecule has 1 unspecified atom stereocenters. The first kappa shape index (κ1) is 17.2. The maximum atomic E-state index is 12.3. The van der Waals surface area contributed by atoms with Crippen molar-refractivity contribution in [2.45, 2.75) is 32.2 Å². The van der Waals surface area contributed by atoms with Gasteiger partial charge in [0.2, 0.25) is 0 Å². The van der Waals surface area contributed by atoms with Gasteiger partial charge in [-0.05, 0) is 25.5 Å². The predicted molar refractivity (Wildman–Crippen MR) is 84.2 cm³/mol. The molecule has 2 N–H and O–H groups in total. The molecule has 1 atom stereocenters. The van der Waals surface area contributed by atoms with Crippen molar-refractivity contribution in [3.63, 3.8) is 0 Å². The lowest BCUT2D eigenvalue weighted by Crippen LogP contribution is -2.52. The first-order valence-corrected chi connectivity index (χ1v) is 8.83. The Balaban J connectivity index is 2.18. The maximum absolute atomic E-state index is 12.3. The van der Waals surface area contributed by atoms with Crippen molar-refractivity contribution < 1.29 is 23.1 Å². The predicted octanol–water partition coefficient (Wildman–Crippen LogP) is 0.244. The number of sulfonamides is 1. The second kappa shape index (κ2) is 6.15. The molecule has 0 spiro atoms. The van der Waals surface area contributed by atoms with E-state index in [0.29, 0.717) is 12.8 Å². The quantitative estimate of drug-likeness (QED) is 0.740. The lowest BCUT2D eigenvalue weighted by molar-refractivity contribution is -0.146. The highest BCUT2D eigenvalue weighted by Gasteiger charge is 2.35. The summed E-state index contributed by atoms with van der Waals surface area (Å²) >= 11 is 0. The lowest BCUT2D eigenvalue weighted by Gasteiger charge is -2.29. The Morgan fingerprint density at radius 1 is 1.43 bits per heavy atom. The first-order chi connectivity index (χ1) is 10.7. The Morgan fingerprint density at radius 3 is 2.74 bits per heavy atom. The summed E-state index contributed by atoms with van der Waals surface area (Å²) < 4.78 is 26.5. The van der Waals surface area contributed by atoms with Crippen LogP contribution < -0.4 is 5.32 Å². The monoisotopic (exact) mass is 341 g/mol. The summed E-state index contributed by atoms with van der Waals surface area (Å²) in [4.78, 5) is 25.3. The van der Waals surface area contributed by atoms with E-state index in [9.17, 15) is 23.1 Å². The van der Waals surface area contributed by atoms with Gasteiger partial charge < -0.3 is 15.3 Å². The third-order valence-electron chi connectivity index (χ3n) is 3.70. The summed E-state index contributed by atoms with van der Waals surface area (Å²) in [7, 11) is -3.45. The number of carbonyl (C=O) groups excluding carboxylic acids is 1. The third kappa shape index (κ3) is 3.79. The van der Waals surface area contributed by atoms with Gasteiger partial charge >= 0.3 is 5.97 Å². The van der Waals surface area contributed by atoms with Crippen LogP contribution in [0.5, 0.6) is 0 Å². The number of aliphatic carboxylic acids is 1. The Morgan fingerprint density at radius 2 is 2.13 bits per heavy atom. The Bertz CT molecular complexity index is 723. The summed E-state index contributed by atoms with van der Waals surface area (Å²) in [6.45, 7) is 3.50. The number of hydrogen-bond acceptors (Lipinski definition) is 5. The van der Waals surface area contributed by atoms with Gasteiger partial charge in [0.1, 0.15) is 11.4 Å². The van der Waals surface area contributed by atoms with Crippen LogP contribution in [0, 0.1) is 0 Å². The standard InChI is InChI=1S/C14H19N3O5S/c1-3-6-14(2,13(19)20)15-12(18)10-4-5-11-16-23(21,22)8-7-17(11)9-10/h4-5,9H,3,6-8H2,1-2H3,(H,15,18)(H,19,20). The van der Waals surface area contributed by atoms with Gasteiger partial charge in [-0.15, -0.1) is 4.40 Å². The number of carboxylic acids is 1. The molecule has 0 aliphatic carbocycles. The van der Waals surface area contributed by atoms with Gasteiger partial charge in [0.25, 0.3) is 15.9 Å². The number of amides is 1. The number of amidine groups is 1. The van der Waals surface area contributed by atoms with Crippen molar-refractivity contribution in [3.05, 3.63) is 23.9 Å². The van der Waals surface area contributed by atoms with Crippen LogP contribution in [0.25, 0.3) is 0 Å². The second-order valence-corrected chi connectivity index (χ2v) is 7.44.